The van der Waals surface area contributed by atoms with Crippen LogP contribution in [0.2, 0.25) is 0 Å². The van der Waals surface area contributed by atoms with Gasteiger partial charge in [-0.25, -0.2) is 14.6 Å². The van der Waals surface area contributed by atoms with Crippen molar-refractivity contribution in [3.63, 3.8) is 0 Å². The summed E-state index contributed by atoms with van der Waals surface area (Å²) in [5.74, 6) is -0.834. The first-order valence-electron chi connectivity index (χ1n) is 13.2. The van der Waals surface area contributed by atoms with E-state index in [4.69, 9.17) is 4.74 Å². The van der Waals surface area contributed by atoms with Gasteiger partial charge in [-0.3, -0.25) is 10.2 Å². The molecule has 0 aliphatic carbocycles. The van der Waals surface area contributed by atoms with Crippen LogP contribution in [0.25, 0.3) is 10.2 Å². The molecule has 1 aliphatic heterocycles. The molecule has 0 atom stereocenters. The van der Waals surface area contributed by atoms with Crippen LogP contribution in [-0.2, 0) is 4.74 Å². The second-order valence-electron chi connectivity index (χ2n) is 9.54. The summed E-state index contributed by atoms with van der Waals surface area (Å²) in [7, 11) is 0. The van der Waals surface area contributed by atoms with Gasteiger partial charge in [-0.1, -0.05) is 72.0 Å². The van der Waals surface area contributed by atoms with Gasteiger partial charge in [0, 0.05) is 38.6 Å². The first-order valence-corrected chi connectivity index (χ1v) is 14.0. The Balaban J connectivity index is 1.33. The molecule has 202 valence electrons. The summed E-state index contributed by atoms with van der Waals surface area (Å²) in [5.41, 5.74) is 3.30. The number of carbonyl (C=O) groups is 2. The van der Waals surface area contributed by atoms with Gasteiger partial charge in [-0.2, -0.15) is 0 Å². The quantitative estimate of drug-likeness (QED) is 0.278. The third kappa shape index (κ3) is 7.00. The number of amides is 2. The molecule has 2 heterocycles. The Kier molecular flexibility index (Phi) is 8.82. The number of fused-ring (bicyclic) bond motifs is 1. The number of hydrogen-bond acceptors (Lipinski definition) is 6. The average molecular weight is 545 g/mol. The van der Waals surface area contributed by atoms with Crippen LogP contribution in [-0.4, -0.2) is 77.8 Å². The first kappa shape index (κ1) is 26.8. The maximum absolute atomic E-state index is 13.6. The van der Waals surface area contributed by atoms with Crippen molar-refractivity contribution in [1.29, 1.82) is 0 Å². The maximum Gasteiger partial charge on any atom is 0.335 e. The topological polar surface area (TPSA) is 95.0 Å². The fraction of sp³-hybridized carbons (Fsp3) is 0.300. The number of ether oxygens (including phenoxy) is 1. The summed E-state index contributed by atoms with van der Waals surface area (Å²) < 4.78 is 6.20. The largest absolute Gasteiger partial charge is 0.478 e. The molecule has 3 aromatic carbocycles. The highest BCUT2D eigenvalue weighted by molar-refractivity contribution is 7.22. The van der Waals surface area contributed by atoms with E-state index in [1.807, 2.05) is 17.0 Å². The number of aromatic nitrogens is 1. The van der Waals surface area contributed by atoms with Gasteiger partial charge in [-0.05, 0) is 35.7 Å². The van der Waals surface area contributed by atoms with Gasteiger partial charge in [0.05, 0.1) is 29.0 Å². The number of benzene rings is 3. The smallest absolute Gasteiger partial charge is 0.335 e. The Bertz CT molecular complexity index is 1350. The van der Waals surface area contributed by atoms with Gasteiger partial charge >= 0.3 is 12.0 Å². The van der Waals surface area contributed by atoms with Crippen LogP contribution in [0, 0.1) is 0 Å². The number of urea groups is 1. The fourth-order valence-corrected chi connectivity index (χ4v) is 5.76. The maximum atomic E-state index is 13.6. The summed E-state index contributed by atoms with van der Waals surface area (Å²) in [4.78, 5) is 33.6. The van der Waals surface area contributed by atoms with Crippen molar-refractivity contribution in [1.82, 2.24) is 14.8 Å². The predicted molar refractivity (Wildman–Crippen MR) is 154 cm³/mol. The molecular formula is C30H32N4O4S. The second-order valence-corrected chi connectivity index (χ2v) is 10.6. The molecule has 0 spiro atoms. The van der Waals surface area contributed by atoms with E-state index >= 15 is 0 Å². The summed E-state index contributed by atoms with van der Waals surface area (Å²) in [6.45, 7) is 5.04. The number of morpholine rings is 1. The van der Waals surface area contributed by atoms with Crippen LogP contribution in [0.4, 0.5) is 9.93 Å². The first-order chi connectivity index (χ1) is 19.1. The van der Waals surface area contributed by atoms with Crippen molar-refractivity contribution in [3.05, 3.63) is 95.6 Å². The van der Waals surface area contributed by atoms with Crippen molar-refractivity contribution in [2.75, 3.05) is 51.3 Å². The van der Waals surface area contributed by atoms with E-state index in [2.05, 4.69) is 63.7 Å². The SMILES string of the molecule is O=C(O)c1ccc2nc(NC(=O)N(CCC(c3ccccc3)c3ccccc3)CCN3CCOCC3)sc2c1. The number of thiazole rings is 1. The summed E-state index contributed by atoms with van der Waals surface area (Å²) in [5, 5.41) is 12.7. The van der Waals surface area contributed by atoms with Gasteiger partial charge in [0.25, 0.3) is 0 Å². The van der Waals surface area contributed by atoms with E-state index in [1.54, 1.807) is 12.1 Å². The van der Waals surface area contributed by atoms with Crippen molar-refractivity contribution in [2.45, 2.75) is 12.3 Å². The van der Waals surface area contributed by atoms with Crippen molar-refractivity contribution < 1.29 is 19.4 Å². The zero-order valence-corrected chi connectivity index (χ0v) is 22.5. The lowest BCUT2D eigenvalue weighted by atomic mass is 9.88. The fourth-order valence-electron chi connectivity index (χ4n) is 4.86. The standard InChI is InChI=1S/C30H32N4O4S/c35-28(36)24-11-12-26-27(21-24)39-29(31-26)32-30(37)34(16-15-33-17-19-38-20-18-33)14-13-25(22-7-3-1-4-8-22)23-9-5-2-6-10-23/h1-12,21,25H,13-20H2,(H,35,36)(H,31,32,37). The molecule has 39 heavy (non-hydrogen) atoms. The highest BCUT2D eigenvalue weighted by atomic mass is 32.1. The minimum absolute atomic E-state index is 0.156. The molecule has 4 aromatic rings. The van der Waals surface area contributed by atoms with E-state index in [1.165, 1.54) is 28.5 Å². The van der Waals surface area contributed by atoms with E-state index in [-0.39, 0.29) is 17.5 Å². The molecule has 1 aliphatic rings. The molecule has 9 heteroatoms. The molecule has 1 saturated heterocycles. The van der Waals surface area contributed by atoms with Crippen LogP contribution >= 0.6 is 11.3 Å². The molecule has 1 fully saturated rings. The number of nitrogens with zero attached hydrogens (tertiary/aromatic N) is 3. The van der Waals surface area contributed by atoms with Gasteiger partial charge < -0.3 is 14.7 Å². The Morgan fingerprint density at radius 2 is 1.64 bits per heavy atom. The Morgan fingerprint density at radius 1 is 0.974 bits per heavy atom. The number of carboxylic acid groups (broad SMARTS) is 1. The van der Waals surface area contributed by atoms with E-state index in [0.717, 1.165) is 30.8 Å². The van der Waals surface area contributed by atoms with E-state index in [9.17, 15) is 14.7 Å². The Morgan fingerprint density at radius 3 is 2.28 bits per heavy atom. The summed E-state index contributed by atoms with van der Waals surface area (Å²) in [6.07, 6.45) is 0.770. The van der Waals surface area contributed by atoms with E-state index in [0.29, 0.717) is 37.0 Å². The number of nitrogens with one attached hydrogen (secondary N) is 1. The molecule has 0 radical (unpaired) electrons. The molecule has 5 rings (SSSR count). The monoisotopic (exact) mass is 544 g/mol. The molecule has 0 unspecified atom stereocenters. The lowest BCUT2D eigenvalue weighted by Gasteiger charge is -2.31. The Hall–Kier alpha value is -3.79. The highest BCUT2D eigenvalue weighted by Crippen LogP contribution is 2.29. The van der Waals surface area contributed by atoms with Crippen molar-refractivity contribution in [3.8, 4) is 0 Å². The molecule has 0 saturated carbocycles. The summed E-state index contributed by atoms with van der Waals surface area (Å²) >= 11 is 1.28. The normalized spacial score (nSPS) is 14.0. The van der Waals surface area contributed by atoms with Crippen LogP contribution in [0.15, 0.2) is 78.9 Å². The van der Waals surface area contributed by atoms with Crippen LogP contribution in [0.3, 0.4) is 0 Å². The van der Waals surface area contributed by atoms with Gasteiger partial charge in [-0.15, -0.1) is 0 Å². The molecule has 0 bridgehead atoms. The number of anilines is 1. The van der Waals surface area contributed by atoms with Crippen LogP contribution < -0.4 is 5.32 Å². The van der Waals surface area contributed by atoms with Gasteiger partial charge in [0.2, 0.25) is 0 Å². The zero-order chi connectivity index (χ0) is 27.0. The van der Waals surface area contributed by atoms with Gasteiger partial charge in [0.15, 0.2) is 5.13 Å². The van der Waals surface area contributed by atoms with E-state index < -0.39 is 5.97 Å². The Labute approximate surface area is 231 Å². The lowest BCUT2D eigenvalue weighted by Crippen LogP contribution is -2.44. The highest BCUT2D eigenvalue weighted by Gasteiger charge is 2.21. The molecule has 2 N–H and O–H groups in total. The van der Waals surface area contributed by atoms with Crippen molar-refractivity contribution >= 4 is 38.7 Å². The predicted octanol–water partition coefficient (Wildman–Crippen LogP) is 5.38. The number of hydrogen-bond donors (Lipinski definition) is 2. The molecule has 8 nitrogen and oxygen atoms in total. The number of aromatic carboxylic acids is 1. The van der Waals surface area contributed by atoms with Crippen LogP contribution in [0.5, 0.6) is 0 Å². The van der Waals surface area contributed by atoms with Crippen LogP contribution in [0.1, 0.15) is 33.8 Å². The van der Waals surface area contributed by atoms with Crippen molar-refractivity contribution in [2.24, 2.45) is 0 Å². The zero-order valence-electron chi connectivity index (χ0n) is 21.7. The number of carbonyl (C=O) groups excluding carboxylic acids is 1. The second kappa shape index (κ2) is 12.8. The number of rotatable bonds is 10. The molecule has 1 aromatic heterocycles. The number of carboxylic acids is 1. The third-order valence-corrected chi connectivity index (χ3v) is 7.95. The average Bonchev–Trinajstić information content (AvgIpc) is 3.38. The minimum atomic E-state index is -0.989. The molecular weight excluding hydrogens is 512 g/mol. The van der Waals surface area contributed by atoms with Gasteiger partial charge in [0.1, 0.15) is 0 Å². The molecule has 2 amide bonds. The third-order valence-electron chi connectivity index (χ3n) is 7.02. The lowest BCUT2D eigenvalue weighted by molar-refractivity contribution is 0.0351. The summed E-state index contributed by atoms with van der Waals surface area (Å²) in [6, 6.07) is 25.4. The minimum Gasteiger partial charge on any atom is -0.478 e.